The zero-order chi connectivity index (χ0) is 9.97. The molecule has 0 fully saturated rings. The minimum atomic E-state index is 0.0587. The summed E-state index contributed by atoms with van der Waals surface area (Å²) in [6.07, 6.45) is 2.06. The quantitative estimate of drug-likeness (QED) is 0.786. The second-order valence-electron chi connectivity index (χ2n) is 3.08. The standard InChI is InChI=1S/C9H11ClN2OS/c1-13-9-8(5-14-12-9)6-2-7(10)4-11-3-6/h2,5,7,11H,3-4H2,1H3. The monoisotopic (exact) mass is 230 g/mol. The van der Waals surface area contributed by atoms with Crippen molar-refractivity contribution in [3.63, 3.8) is 0 Å². The first-order valence-corrected chi connectivity index (χ1v) is 5.63. The van der Waals surface area contributed by atoms with Crippen LogP contribution in [0.15, 0.2) is 11.5 Å². The Balaban J connectivity index is 2.29. The molecule has 1 N–H and O–H groups in total. The lowest BCUT2D eigenvalue weighted by Crippen LogP contribution is -2.28. The van der Waals surface area contributed by atoms with Crippen molar-refractivity contribution in [2.24, 2.45) is 0 Å². The minimum Gasteiger partial charge on any atom is -0.480 e. The Morgan fingerprint density at radius 3 is 3.29 bits per heavy atom. The van der Waals surface area contributed by atoms with Crippen molar-refractivity contribution < 1.29 is 4.74 Å². The van der Waals surface area contributed by atoms with E-state index in [1.807, 2.05) is 5.38 Å². The minimum absolute atomic E-state index is 0.0587. The van der Waals surface area contributed by atoms with Crippen molar-refractivity contribution in [2.75, 3.05) is 20.2 Å². The first-order chi connectivity index (χ1) is 6.81. The van der Waals surface area contributed by atoms with Gasteiger partial charge in [-0.05, 0) is 17.1 Å². The van der Waals surface area contributed by atoms with E-state index in [-0.39, 0.29) is 5.38 Å². The molecular weight excluding hydrogens is 220 g/mol. The van der Waals surface area contributed by atoms with Gasteiger partial charge in [-0.2, -0.15) is 4.37 Å². The predicted molar refractivity (Wildman–Crippen MR) is 59.2 cm³/mol. The topological polar surface area (TPSA) is 34.1 Å². The maximum Gasteiger partial charge on any atom is 0.232 e. The number of aromatic nitrogens is 1. The first kappa shape index (κ1) is 9.96. The van der Waals surface area contributed by atoms with Gasteiger partial charge in [0.2, 0.25) is 5.88 Å². The van der Waals surface area contributed by atoms with E-state index in [1.54, 1.807) is 7.11 Å². The van der Waals surface area contributed by atoms with Crippen molar-refractivity contribution in [2.45, 2.75) is 5.38 Å². The molecule has 14 heavy (non-hydrogen) atoms. The van der Waals surface area contributed by atoms with Crippen LogP contribution >= 0.6 is 23.1 Å². The third-order valence-corrected chi connectivity index (χ3v) is 3.01. The average molecular weight is 231 g/mol. The van der Waals surface area contributed by atoms with Gasteiger partial charge in [-0.25, -0.2) is 0 Å². The number of ether oxygens (including phenoxy) is 1. The predicted octanol–water partition coefficient (Wildman–Crippen LogP) is 1.75. The Kier molecular flexibility index (Phi) is 3.05. The summed E-state index contributed by atoms with van der Waals surface area (Å²) in [4.78, 5) is 0. The summed E-state index contributed by atoms with van der Waals surface area (Å²) < 4.78 is 9.30. The van der Waals surface area contributed by atoms with E-state index in [4.69, 9.17) is 16.3 Å². The van der Waals surface area contributed by atoms with Crippen LogP contribution in [0.5, 0.6) is 5.88 Å². The molecule has 1 atom stereocenters. The molecule has 0 aliphatic carbocycles. The number of halogens is 1. The lowest BCUT2D eigenvalue weighted by atomic mass is 10.1. The Morgan fingerprint density at radius 2 is 2.57 bits per heavy atom. The Bertz CT molecular complexity index is 350. The fourth-order valence-corrected chi connectivity index (χ4v) is 2.39. The first-order valence-electron chi connectivity index (χ1n) is 4.35. The number of nitrogens with one attached hydrogen (secondary N) is 1. The molecule has 0 amide bonds. The summed E-state index contributed by atoms with van der Waals surface area (Å²) in [5, 5.41) is 5.29. The third kappa shape index (κ3) is 1.92. The van der Waals surface area contributed by atoms with E-state index in [0.29, 0.717) is 5.88 Å². The van der Waals surface area contributed by atoms with Crippen molar-refractivity contribution in [3.05, 3.63) is 17.0 Å². The number of hydrogen-bond acceptors (Lipinski definition) is 4. The highest BCUT2D eigenvalue weighted by atomic mass is 35.5. The smallest absolute Gasteiger partial charge is 0.232 e. The van der Waals surface area contributed by atoms with Crippen LogP contribution in [0.25, 0.3) is 5.57 Å². The lowest BCUT2D eigenvalue weighted by molar-refractivity contribution is 0.401. The van der Waals surface area contributed by atoms with Gasteiger partial charge >= 0.3 is 0 Å². The summed E-state index contributed by atoms with van der Waals surface area (Å²) in [6.45, 7) is 1.66. The van der Waals surface area contributed by atoms with Crippen molar-refractivity contribution >= 4 is 28.7 Å². The molecule has 2 heterocycles. The summed E-state index contributed by atoms with van der Waals surface area (Å²) in [7, 11) is 1.63. The van der Waals surface area contributed by atoms with E-state index in [2.05, 4.69) is 15.8 Å². The normalized spacial score (nSPS) is 21.9. The van der Waals surface area contributed by atoms with Gasteiger partial charge in [0.25, 0.3) is 0 Å². The molecular formula is C9H11ClN2OS. The zero-order valence-electron chi connectivity index (χ0n) is 7.79. The maximum atomic E-state index is 6.03. The van der Waals surface area contributed by atoms with Gasteiger partial charge in [-0.15, -0.1) is 11.6 Å². The van der Waals surface area contributed by atoms with Gasteiger partial charge in [-0.3, -0.25) is 0 Å². The number of nitrogens with zero attached hydrogens (tertiary/aromatic N) is 1. The average Bonchev–Trinajstić information content (AvgIpc) is 2.65. The SMILES string of the molecule is COc1nscc1C1=CC(Cl)CNC1. The zero-order valence-corrected chi connectivity index (χ0v) is 9.36. The van der Waals surface area contributed by atoms with Crippen LogP contribution in [0.4, 0.5) is 0 Å². The van der Waals surface area contributed by atoms with Crippen LogP contribution < -0.4 is 10.1 Å². The Labute approximate surface area is 91.9 Å². The number of methoxy groups -OCH3 is 1. The van der Waals surface area contributed by atoms with Crippen LogP contribution in [-0.4, -0.2) is 29.9 Å². The van der Waals surface area contributed by atoms with E-state index >= 15 is 0 Å². The molecule has 1 aromatic rings. The number of rotatable bonds is 2. The van der Waals surface area contributed by atoms with Gasteiger partial charge in [0.15, 0.2) is 0 Å². The van der Waals surface area contributed by atoms with Gasteiger partial charge in [0, 0.05) is 18.5 Å². The van der Waals surface area contributed by atoms with E-state index < -0.39 is 0 Å². The second-order valence-corrected chi connectivity index (χ2v) is 4.27. The molecule has 1 aliphatic heterocycles. The van der Waals surface area contributed by atoms with E-state index in [1.165, 1.54) is 17.1 Å². The Hall–Kier alpha value is -0.580. The summed E-state index contributed by atoms with van der Waals surface area (Å²) in [5.41, 5.74) is 2.22. The van der Waals surface area contributed by atoms with Crippen LogP contribution in [0.2, 0.25) is 0 Å². The van der Waals surface area contributed by atoms with Crippen molar-refractivity contribution in [1.82, 2.24) is 9.69 Å². The molecule has 0 aromatic carbocycles. The van der Waals surface area contributed by atoms with Crippen LogP contribution in [-0.2, 0) is 0 Å². The molecule has 1 aromatic heterocycles. The largest absolute Gasteiger partial charge is 0.480 e. The molecule has 0 saturated heterocycles. The molecule has 0 radical (unpaired) electrons. The van der Waals surface area contributed by atoms with Gasteiger partial charge in [0.1, 0.15) is 0 Å². The number of hydrogen-bond donors (Lipinski definition) is 1. The molecule has 1 unspecified atom stereocenters. The highest BCUT2D eigenvalue weighted by Gasteiger charge is 2.16. The summed E-state index contributed by atoms with van der Waals surface area (Å²) in [5.74, 6) is 0.689. The fourth-order valence-electron chi connectivity index (χ4n) is 1.45. The van der Waals surface area contributed by atoms with Crippen molar-refractivity contribution in [1.29, 1.82) is 0 Å². The van der Waals surface area contributed by atoms with Crippen LogP contribution in [0, 0.1) is 0 Å². The molecule has 5 heteroatoms. The fraction of sp³-hybridized carbons (Fsp3) is 0.444. The Morgan fingerprint density at radius 1 is 1.71 bits per heavy atom. The highest BCUT2D eigenvalue weighted by molar-refractivity contribution is 7.04. The molecule has 0 saturated carbocycles. The van der Waals surface area contributed by atoms with Gasteiger partial charge < -0.3 is 10.1 Å². The molecule has 76 valence electrons. The molecule has 0 spiro atoms. The van der Waals surface area contributed by atoms with E-state index in [9.17, 15) is 0 Å². The van der Waals surface area contributed by atoms with E-state index in [0.717, 1.165) is 18.7 Å². The summed E-state index contributed by atoms with van der Waals surface area (Å²) >= 11 is 7.43. The molecule has 1 aliphatic rings. The lowest BCUT2D eigenvalue weighted by Gasteiger charge is -2.17. The molecule has 3 nitrogen and oxygen atoms in total. The third-order valence-electron chi connectivity index (χ3n) is 2.11. The molecule has 0 bridgehead atoms. The summed E-state index contributed by atoms with van der Waals surface area (Å²) in [6, 6.07) is 0. The molecule has 2 rings (SSSR count). The highest BCUT2D eigenvalue weighted by Crippen LogP contribution is 2.28. The number of alkyl halides is 1. The van der Waals surface area contributed by atoms with Gasteiger partial charge in [-0.1, -0.05) is 6.08 Å². The van der Waals surface area contributed by atoms with Crippen molar-refractivity contribution in [3.8, 4) is 5.88 Å². The van der Waals surface area contributed by atoms with Crippen LogP contribution in [0.1, 0.15) is 5.56 Å². The maximum absolute atomic E-state index is 6.03. The second kappa shape index (κ2) is 4.29. The van der Waals surface area contributed by atoms with Gasteiger partial charge in [0.05, 0.1) is 18.1 Å². The van der Waals surface area contributed by atoms with Crippen LogP contribution in [0.3, 0.4) is 0 Å².